The maximum atomic E-state index is 9.96. The first-order valence-corrected chi connectivity index (χ1v) is 5.16. The van der Waals surface area contributed by atoms with E-state index in [0.717, 1.165) is 12.3 Å². The van der Waals surface area contributed by atoms with Gasteiger partial charge in [-0.05, 0) is 49.5 Å². The fourth-order valence-electron chi connectivity index (χ4n) is 2.18. The van der Waals surface area contributed by atoms with E-state index in [-0.39, 0.29) is 6.10 Å². The lowest BCUT2D eigenvalue weighted by Gasteiger charge is -2.19. The molecule has 0 spiro atoms. The molecule has 0 aliphatic heterocycles. The smallest absolute Gasteiger partial charge is 0.0778 e. The van der Waals surface area contributed by atoms with Gasteiger partial charge in [-0.15, -0.1) is 0 Å². The molecule has 2 rings (SSSR count). The number of hydrogen-bond donors (Lipinski definition) is 1. The van der Waals surface area contributed by atoms with E-state index < -0.39 is 0 Å². The molecule has 0 radical (unpaired) electrons. The van der Waals surface area contributed by atoms with Crippen molar-refractivity contribution in [2.24, 2.45) is 11.8 Å². The lowest BCUT2D eigenvalue weighted by Crippen LogP contribution is -2.20. The quantitative estimate of drug-likeness (QED) is 0.639. The molecule has 0 aromatic carbocycles. The summed E-state index contributed by atoms with van der Waals surface area (Å²) in [5.41, 5.74) is 1.31. The molecule has 1 saturated carbocycles. The summed E-state index contributed by atoms with van der Waals surface area (Å²) in [7, 11) is 0. The number of aliphatic hydroxyl groups is 1. The molecule has 1 heteroatoms. The van der Waals surface area contributed by atoms with Crippen LogP contribution in [0.4, 0.5) is 0 Å². The van der Waals surface area contributed by atoms with Gasteiger partial charge in [-0.1, -0.05) is 13.0 Å². The summed E-state index contributed by atoms with van der Waals surface area (Å²) in [6.45, 7) is 2.20. The molecule has 0 aromatic heterocycles. The van der Waals surface area contributed by atoms with Gasteiger partial charge in [0.05, 0.1) is 6.10 Å². The van der Waals surface area contributed by atoms with E-state index in [2.05, 4.69) is 13.0 Å². The lowest BCUT2D eigenvalue weighted by atomic mass is 9.93. The number of hydrogen-bond acceptors (Lipinski definition) is 1. The van der Waals surface area contributed by atoms with Crippen molar-refractivity contribution in [2.45, 2.75) is 45.1 Å². The Hall–Kier alpha value is -0.300. The van der Waals surface area contributed by atoms with Crippen molar-refractivity contribution in [1.29, 1.82) is 0 Å². The molecule has 1 fully saturated rings. The molecule has 0 amide bonds. The maximum absolute atomic E-state index is 9.96. The molecular formula is C11H18O. The van der Waals surface area contributed by atoms with Gasteiger partial charge in [0.25, 0.3) is 0 Å². The minimum absolute atomic E-state index is 0.125. The first-order valence-electron chi connectivity index (χ1n) is 5.16. The minimum Gasteiger partial charge on any atom is -0.388 e. The Balaban J connectivity index is 1.93. The zero-order valence-corrected chi connectivity index (χ0v) is 7.79. The minimum atomic E-state index is -0.125. The first kappa shape index (κ1) is 8.31. The van der Waals surface area contributed by atoms with E-state index in [1.54, 1.807) is 0 Å². The first-order chi connectivity index (χ1) is 5.79. The third kappa shape index (κ3) is 1.56. The third-order valence-electron chi connectivity index (χ3n) is 3.32. The van der Waals surface area contributed by atoms with Crippen molar-refractivity contribution in [3.63, 3.8) is 0 Å². The molecular weight excluding hydrogens is 148 g/mol. The third-order valence-corrected chi connectivity index (χ3v) is 3.32. The van der Waals surface area contributed by atoms with Crippen LogP contribution < -0.4 is 0 Å². The van der Waals surface area contributed by atoms with Crippen LogP contribution in [0, 0.1) is 11.8 Å². The molecule has 0 saturated heterocycles. The van der Waals surface area contributed by atoms with E-state index in [4.69, 9.17) is 0 Å². The molecule has 0 aromatic rings. The van der Waals surface area contributed by atoms with Crippen molar-refractivity contribution >= 4 is 0 Å². The predicted octanol–water partition coefficient (Wildman–Crippen LogP) is 2.50. The Labute approximate surface area is 74.5 Å². The maximum Gasteiger partial charge on any atom is 0.0778 e. The molecule has 2 atom stereocenters. The SMILES string of the molecule is CC(C1CC1)C(O)C1=CCCC1. The fourth-order valence-corrected chi connectivity index (χ4v) is 2.18. The zero-order valence-electron chi connectivity index (χ0n) is 7.79. The van der Waals surface area contributed by atoms with Gasteiger partial charge in [0.2, 0.25) is 0 Å². The van der Waals surface area contributed by atoms with E-state index in [1.165, 1.54) is 31.3 Å². The molecule has 2 aliphatic rings. The van der Waals surface area contributed by atoms with Gasteiger partial charge in [0.1, 0.15) is 0 Å². The number of allylic oxidation sites excluding steroid dienone is 1. The summed E-state index contributed by atoms with van der Waals surface area (Å²) >= 11 is 0. The topological polar surface area (TPSA) is 20.2 Å². The summed E-state index contributed by atoms with van der Waals surface area (Å²) in [5, 5.41) is 9.96. The van der Waals surface area contributed by atoms with Gasteiger partial charge in [0.15, 0.2) is 0 Å². The molecule has 1 N–H and O–H groups in total. The van der Waals surface area contributed by atoms with Gasteiger partial charge >= 0.3 is 0 Å². The summed E-state index contributed by atoms with van der Waals surface area (Å²) in [6.07, 6.45) is 8.37. The predicted molar refractivity (Wildman–Crippen MR) is 49.8 cm³/mol. The van der Waals surface area contributed by atoms with Gasteiger partial charge < -0.3 is 5.11 Å². The summed E-state index contributed by atoms with van der Waals surface area (Å²) in [5.74, 6) is 1.33. The van der Waals surface area contributed by atoms with Crippen LogP contribution in [0.15, 0.2) is 11.6 Å². The summed E-state index contributed by atoms with van der Waals surface area (Å²) in [6, 6.07) is 0. The van der Waals surface area contributed by atoms with Crippen LogP contribution in [-0.4, -0.2) is 11.2 Å². The fraction of sp³-hybridized carbons (Fsp3) is 0.818. The highest BCUT2D eigenvalue weighted by atomic mass is 16.3. The van der Waals surface area contributed by atoms with Gasteiger partial charge in [0, 0.05) is 0 Å². The van der Waals surface area contributed by atoms with Crippen molar-refractivity contribution in [3.8, 4) is 0 Å². The standard InChI is InChI=1S/C11H18O/c1-8(9-6-7-9)11(12)10-4-2-3-5-10/h4,8-9,11-12H,2-3,5-7H2,1H3. The molecule has 12 heavy (non-hydrogen) atoms. The van der Waals surface area contributed by atoms with Crippen LogP contribution in [-0.2, 0) is 0 Å². The highest BCUT2D eigenvalue weighted by Crippen LogP contribution is 2.40. The zero-order chi connectivity index (χ0) is 8.55. The van der Waals surface area contributed by atoms with E-state index in [0.29, 0.717) is 5.92 Å². The number of rotatable bonds is 3. The molecule has 68 valence electrons. The molecule has 2 aliphatic carbocycles. The number of aliphatic hydroxyl groups excluding tert-OH is 1. The van der Waals surface area contributed by atoms with E-state index in [9.17, 15) is 5.11 Å². The van der Waals surface area contributed by atoms with Gasteiger partial charge in [-0.2, -0.15) is 0 Å². The second kappa shape index (κ2) is 3.21. The lowest BCUT2D eigenvalue weighted by molar-refractivity contribution is 0.136. The average Bonchev–Trinajstić information content (AvgIpc) is 2.79. The van der Waals surface area contributed by atoms with Crippen molar-refractivity contribution in [1.82, 2.24) is 0 Å². The normalized spacial score (nSPS) is 28.3. The Morgan fingerprint density at radius 3 is 2.75 bits per heavy atom. The highest BCUT2D eigenvalue weighted by Gasteiger charge is 2.34. The Morgan fingerprint density at radius 2 is 2.25 bits per heavy atom. The molecule has 2 unspecified atom stereocenters. The highest BCUT2D eigenvalue weighted by molar-refractivity contribution is 5.14. The Bertz CT molecular complexity index is 191. The van der Waals surface area contributed by atoms with Crippen molar-refractivity contribution in [2.75, 3.05) is 0 Å². The molecule has 1 nitrogen and oxygen atoms in total. The van der Waals surface area contributed by atoms with Crippen LogP contribution in [0.5, 0.6) is 0 Å². The largest absolute Gasteiger partial charge is 0.388 e. The van der Waals surface area contributed by atoms with Gasteiger partial charge in [-0.3, -0.25) is 0 Å². The van der Waals surface area contributed by atoms with E-state index >= 15 is 0 Å². The van der Waals surface area contributed by atoms with Gasteiger partial charge in [-0.25, -0.2) is 0 Å². The Morgan fingerprint density at radius 1 is 1.50 bits per heavy atom. The van der Waals surface area contributed by atoms with Crippen LogP contribution in [0.1, 0.15) is 39.0 Å². The second-order valence-corrected chi connectivity index (χ2v) is 4.31. The van der Waals surface area contributed by atoms with E-state index in [1.807, 2.05) is 0 Å². The van der Waals surface area contributed by atoms with Crippen LogP contribution in [0.25, 0.3) is 0 Å². The van der Waals surface area contributed by atoms with Crippen LogP contribution in [0.2, 0.25) is 0 Å². The summed E-state index contributed by atoms with van der Waals surface area (Å²) in [4.78, 5) is 0. The Kier molecular flexibility index (Phi) is 2.22. The van der Waals surface area contributed by atoms with Crippen molar-refractivity contribution < 1.29 is 5.11 Å². The van der Waals surface area contributed by atoms with Crippen LogP contribution in [0.3, 0.4) is 0 Å². The average molecular weight is 166 g/mol. The monoisotopic (exact) mass is 166 g/mol. The molecule has 0 bridgehead atoms. The van der Waals surface area contributed by atoms with Crippen molar-refractivity contribution in [3.05, 3.63) is 11.6 Å². The second-order valence-electron chi connectivity index (χ2n) is 4.31. The summed E-state index contributed by atoms with van der Waals surface area (Å²) < 4.78 is 0. The van der Waals surface area contributed by atoms with Crippen LogP contribution >= 0.6 is 0 Å². The molecule has 0 heterocycles.